The van der Waals surface area contributed by atoms with Gasteiger partial charge in [0, 0.05) is 35.2 Å². The van der Waals surface area contributed by atoms with Crippen molar-refractivity contribution in [1.29, 1.82) is 0 Å². The average molecular weight is 503 g/mol. The van der Waals surface area contributed by atoms with E-state index in [1.807, 2.05) is 6.92 Å². The van der Waals surface area contributed by atoms with Gasteiger partial charge in [0.2, 0.25) is 0 Å². The van der Waals surface area contributed by atoms with Crippen molar-refractivity contribution in [3.63, 3.8) is 0 Å². The van der Waals surface area contributed by atoms with E-state index in [2.05, 4.69) is 25.9 Å². The van der Waals surface area contributed by atoms with Crippen molar-refractivity contribution in [2.75, 3.05) is 30.0 Å². The molecule has 2 aromatic carbocycles. The van der Waals surface area contributed by atoms with Gasteiger partial charge in [-0.2, -0.15) is 0 Å². The molecule has 1 atom stereocenters. The van der Waals surface area contributed by atoms with Crippen LogP contribution in [0.5, 0.6) is 11.5 Å². The van der Waals surface area contributed by atoms with E-state index in [1.165, 1.54) is 24.7 Å². The van der Waals surface area contributed by atoms with Crippen LogP contribution >= 0.6 is 0 Å². The number of hydrogen-bond acceptors (Lipinski definition) is 7. The second kappa shape index (κ2) is 10.7. The molecule has 10 heteroatoms. The Labute approximate surface area is 205 Å². The SMILES string of the molecule is C=S(C)(=O)Nc1cc(OCC)c2c(Nc3ccc(F)cc3OC3CCC(OC)CC3)ncnc2c1. The largest absolute Gasteiger partial charge is 0.493 e. The van der Waals surface area contributed by atoms with Gasteiger partial charge < -0.3 is 24.2 Å². The van der Waals surface area contributed by atoms with Gasteiger partial charge in [-0.15, -0.1) is 0 Å². The molecule has 3 aromatic rings. The van der Waals surface area contributed by atoms with Crippen LogP contribution in [0, 0.1) is 5.82 Å². The first kappa shape index (κ1) is 25.0. The zero-order valence-corrected chi connectivity index (χ0v) is 21.0. The van der Waals surface area contributed by atoms with Gasteiger partial charge in [0.15, 0.2) is 0 Å². The number of ether oxygens (including phenoxy) is 3. The summed E-state index contributed by atoms with van der Waals surface area (Å²) in [7, 11) is -0.766. The third kappa shape index (κ3) is 6.32. The van der Waals surface area contributed by atoms with Gasteiger partial charge in [0.25, 0.3) is 0 Å². The standard InChI is InChI=1S/C25H31FN4O4S/c1-5-33-23-14-17(30-35(3,4)31)13-21-24(23)25(28-15-27-21)29-20-11-6-16(26)12-22(20)34-19-9-7-18(32-2)8-10-19/h6,11-15,18-19H,3,5,7-10H2,1-2,4H3,(H,30,31)(H,27,28,29). The topological polar surface area (TPSA) is 94.6 Å². The van der Waals surface area contributed by atoms with Crippen molar-refractivity contribution in [3.05, 3.63) is 42.5 Å². The van der Waals surface area contributed by atoms with Crippen molar-refractivity contribution < 1.29 is 22.8 Å². The van der Waals surface area contributed by atoms with Crippen LogP contribution in [0.3, 0.4) is 0 Å². The fourth-order valence-electron chi connectivity index (χ4n) is 4.22. The highest BCUT2D eigenvalue weighted by Crippen LogP contribution is 2.38. The van der Waals surface area contributed by atoms with E-state index >= 15 is 0 Å². The summed E-state index contributed by atoms with van der Waals surface area (Å²) in [5, 5.41) is 3.92. The second-order valence-electron chi connectivity index (χ2n) is 8.65. The Morgan fingerprint density at radius 1 is 1.11 bits per heavy atom. The molecule has 4 rings (SSSR count). The highest BCUT2D eigenvalue weighted by Gasteiger charge is 2.23. The molecule has 1 aliphatic carbocycles. The lowest BCUT2D eigenvalue weighted by atomic mass is 9.95. The molecule has 2 N–H and O–H groups in total. The van der Waals surface area contributed by atoms with Crippen molar-refractivity contribution >= 4 is 43.7 Å². The molecule has 0 spiro atoms. The number of fused-ring (bicyclic) bond motifs is 1. The molecular formula is C25H31FN4O4S. The Hall–Kier alpha value is -3.11. The first-order chi connectivity index (χ1) is 16.8. The molecule has 1 heterocycles. The summed E-state index contributed by atoms with van der Waals surface area (Å²) in [6.07, 6.45) is 6.64. The Kier molecular flexibility index (Phi) is 7.61. The van der Waals surface area contributed by atoms with Crippen LogP contribution in [-0.2, 0) is 14.4 Å². The number of nitrogens with one attached hydrogen (secondary N) is 2. The van der Waals surface area contributed by atoms with Crippen molar-refractivity contribution in [1.82, 2.24) is 9.97 Å². The average Bonchev–Trinajstić information content (AvgIpc) is 2.80. The maximum Gasteiger partial charge on any atom is 0.146 e. The number of halogens is 1. The van der Waals surface area contributed by atoms with Crippen LogP contribution < -0.4 is 19.5 Å². The minimum Gasteiger partial charge on any atom is -0.493 e. The zero-order chi connectivity index (χ0) is 25.0. The lowest BCUT2D eigenvalue weighted by molar-refractivity contribution is 0.0329. The van der Waals surface area contributed by atoms with E-state index < -0.39 is 9.71 Å². The number of rotatable bonds is 9. The van der Waals surface area contributed by atoms with Crippen LogP contribution in [0.4, 0.5) is 21.6 Å². The summed E-state index contributed by atoms with van der Waals surface area (Å²) in [5.74, 6) is 4.68. The van der Waals surface area contributed by atoms with Crippen LogP contribution in [0.15, 0.2) is 36.7 Å². The summed E-state index contributed by atoms with van der Waals surface area (Å²) in [6.45, 7) is 2.28. The maximum absolute atomic E-state index is 14.1. The highest BCUT2D eigenvalue weighted by molar-refractivity contribution is 8.00. The highest BCUT2D eigenvalue weighted by atomic mass is 32.2. The number of methoxy groups -OCH3 is 1. The minimum atomic E-state index is -2.49. The van der Waals surface area contributed by atoms with Gasteiger partial charge in [-0.1, -0.05) is 0 Å². The van der Waals surface area contributed by atoms with Gasteiger partial charge in [-0.05, 0) is 56.7 Å². The molecule has 0 saturated heterocycles. The predicted octanol–water partition coefficient (Wildman–Crippen LogP) is 4.92. The summed E-state index contributed by atoms with van der Waals surface area (Å²) in [4.78, 5) is 8.80. The first-order valence-electron chi connectivity index (χ1n) is 11.5. The summed E-state index contributed by atoms with van der Waals surface area (Å²) < 4.78 is 46.7. The van der Waals surface area contributed by atoms with E-state index in [0.717, 1.165) is 25.7 Å². The monoisotopic (exact) mass is 502 g/mol. The Morgan fingerprint density at radius 2 is 1.86 bits per heavy atom. The molecule has 188 valence electrons. The van der Waals surface area contributed by atoms with Gasteiger partial charge in [-0.3, -0.25) is 0 Å². The molecule has 0 radical (unpaired) electrons. The van der Waals surface area contributed by atoms with E-state index in [1.54, 1.807) is 25.3 Å². The quantitative estimate of drug-likeness (QED) is 0.401. The van der Waals surface area contributed by atoms with Crippen molar-refractivity contribution in [2.24, 2.45) is 0 Å². The van der Waals surface area contributed by atoms with E-state index in [0.29, 0.717) is 46.2 Å². The molecule has 0 aliphatic heterocycles. The lowest BCUT2D eigenvalue weighted by Crippen LogP contribution is -2.27. The van der Waals surface area contributed by atoms with Gasteiger partial charge in [0.05, 0.1) is 41.1 Å². The van der Waals surface area contributed by atoms with Crippen LogP contribution in [0.1, 0.15) is 32.6 Å². The van der Waals surface area contributed by atoms with Gasteiger partial charge >= 0.3 is 0 Å². The molecule has 1 unspecified atom stereocenters. The molecule has 1 fully saturated rings. The van der Waals surface area contributed by atoms with Gasteiger partial charge in [-0.25, -0.2) is 18.6 Å². The molecule has 0 amide bonds. The third-order valence-corrected chi connectivity index (χ3v) is 6.45. The summed E-state index contributed by atoms with van der Waals surface area (Å²) in [5.41, 5.74) is 1.74. The first-order valence-corrected chi connectivity index (χ1v) is 13.7. The summed E-state index contributed by atoms with van der Waals surface area (Å²) in [6, 6.07) is 7.88. The smallest absolute Gasteiger partial charge is 0.146 e. The third-order valence-electron chi connectivity index (χ3n) is 5.78. The number of hydrogen-bond donors (Lipinski definition) is 2. The lowest BCUT2D eigenvalue weighted by Gasteiger charge is -2.28. The molecule has 1 aromatic heterocycles. The minimum absolute atomic E-state index is 0.0231. The Bertz CT molecular complexity index is 1290. The number of benzene rings is 2. The molecule has 1 aliphatic rings. The van der Waals surface area contributed by atoms with Crippen molar-refractivity contribution in [3.8, 4) is 11.5 Å². The van der Waals surface area contributed by atoms with Crippen LogP contribution in [-0.4, -0.2) is 52.2 Å². The van der Waals surface area contributed by atoms with Gasteiger partial charge in [0.1, 0.15) is 29.5 Å². The molecule has 0 bridgehead atoms. The van der Waals surface area contributed by atoms with E-state index in [9.17, 15) is 8.60 Å². The summed E-state index contributed by atoms with van der Waals surface area (Å²) >= 11 is 0. The predicted molar refractivity (Wildman–Crippen MR) is 139 cm³/mol. The molecule has 35 heavy (non-hydrogen) atoms. The number of aromatic nitrogens is 2. The Balaban J connectivity index is 1.68. The van der Waals surface area contributed by atoms with Crippen LogP contribution in [0.25, 0.3) is 10.9 Å². The molecular weight excluding hydrogens is 471 g/mol. The number of nitrogens with zero attached hydrogens (tertiary/aromatic N) is 2. The van der Waals surface area contributed by atoms with E-state index in [-0.39, 0.29) is 18.0 Å². The zero-order valence-electron chi connectivity index (χ0n) is 20.2. The van der Waals surface area contributed by atoms with Crippen LogP contribution in [0.2, 0.25) is 0 Å². The fourth-order valence-corrected chi connectivity index (χ4v) is 4.83. The maximum atomic E-state index is 14.1. The number of anilines is 3. The fraction of sp³-hybridized carbons (Fsp3) is 0.400. The van der Waals surface area contributed by atoms with E-state index in [4.69, 9.17) is 14.2 Å². The van der Waals surface area contributed by atoms with Crippen molar-refractivity contribution in [2.45, 2.75) is 44.8 Å². The molecule has 8 nitrogen and oxygen atoms in total. The normalized spacial score (nSPS) is 19.7. The molecule has 1 saturated carbocycles. The second-order valence-corrected chi connectivity index (χ2v) is 10.9. The Morgan fingerprint density at radius 3 is 2.54 bits per heavy atom.